The van der Waals surface area contributed by atoms with E-state index in [1.54, 1.807) is 0 Å². The lowest BCUT2D eigenvalue weighted by molar-refractivity contribution is -0.152. The Bertz CT molecular complexity index is 557. The summed E-state index contributed by atoms with van der Waals surface area (Å²) in [5.41, 5.74) is -0.453. The van der Waals surface area contributed by atoms with Crippen LogP contribution in [0, 0.1) is 11.8 Å². The molecule has 1 fully saturated rings. The molecular weight excluding hydrogens is 287 g/mol. The van der Waals surface area contributed by atoms with Gasteiger partial charge in [0.1, 0.15) is 0 Å². The van der Waals surface area contributed by atoms with Gasteiger partial charge in [0.2, 0.25) is 5.91 Å². The molecule has 2 N–H and O–H groups in total. The van der Waals surface area contributed by atoms with Crippen molar-refractivity contribution in [3.8, 4) is 0 Å². The highest BCUT2D eigenvalue weighted by Gasteiger charge is 2.41. The van der Waals surface area contributed by atoms with E-state index in [1.807, 2.05) is 0 Å². The van der Waals surface area contributed by atoms with E-state index in [1.165, 1.54) is 12.1 Å². The minimum absolute atomic E-state index is 0.0500. The highest BCUT2D eigenvalue weighted by molar-refractivity contribution is 5.86. The van der Waals surface area contributed by atoms with Gasteiger partial charge in [-0.3, -0.25) is 9.59 Å². The van der Waals surface area contributed by atoms with Crippen molar-refractivity contribution in [3.05, 3.63) is 35.4 Å². The number of rotatable bonds is 4. The van der Waals surface area contributed by atoms with Gasteiger partial charge < -0.3 is 10.4 Å². The Kier molecular flexibility index (Phi) is 4.20. The fourth-order valence-corrected chi connectivity index (χ4v) is 2.29. The lowest BCUT2D eigenvalue weighted by Gasteiger charge is -2.31. The average Bonchev–Trinajstić information content (AvgIpc) is 2.33. The number of alkyl halides is 3. The Labute approximate surface area is 119 Å². The summed E-state index contributed by atoms with van der Waals surface area (Å²) in [4.78, 5) is 22.6. The van der Waals surface area contributed by atoms with Crippen LogP contribution in [0.1, 0.15) is 24.0 Å². The van der Waals surface area contributed by atoms with Crippen LogP contribution in [0.15, 0.2) is 24.3 Å². The van der Waals surface area contributed by atoms with Crippen LogP contribution < -0.4 is 5.32 Å². The van der Waals surface area contributed by atoms with Crippen molar-refractivity contribution in [3.63, 3.8) is 0 Å². The lowest BCUT2D eigenvalue weighted by atomic mass is 9.73. The van der Waals surface area contributed by atoms with Crippen LogP contribution >= 0.6 is 0 Å². The van der Waals surface area contributed by atoms with Crippen molar-refractivity contribution >= 4 is 11.9 Å². The zero-order chi connectivity index (χ0) is 15.6. The number of benzene rings is 1. The number of amides is 1. The zero-order valence-electron chi connectivity index (χ0n) is 11.0. The number of halogens is 3. The van der Waals surface area contributed by atoms with Gasteiger partial charge in [-0.1, -0.05) is 12.1 Å². The van der Waals surface area contributed by atoms with Crippen LogP contribution in [0.3, 0.4) is 0 Å². The first kappa shape index (κ1) is 15.3. The van der Waals surface area contributed by atoms with E-state index < -0.39 is 35.5 Å². The molecule has 1 aliphatic carbocycles. The van der Waals surface area contributed by atoms with Crippen molar-refractivity contribution in [2.45, 2.75) is 25.6 Å². The van der Waals surface area contributed by atoms with Crippen LogP contribution in [0.25, 0.3) is 0 Å². The molecule has 2 unspecified atom stereocenters. The Morgan fingerprint density at radius 1 is 1.24 bits per heavy atom. The summed E-state index contributed by atoms with van der Waals surface area (Å²) in [5, 5.41) is 11.4. The molecule has 7 heteroatoms. The molecule has 1 aromatic rings. The maximum Gasteiger partial charge on any atom is 0.416 e. The highest BCUT2D eigenvalue weighted by Crippen LogP contribution is 2.34. The number of carboxylic acid groups (broad SMARTS) is 1. The number of carboxylic acids is 1. The van der Waals surface area contributed by atoms with E-state index in [9.17, 15) is 22.8 Å². The normalized spacial score (nSPS) is 21.5. The summed E-state index contributed by atoms with van der Waals surface area (Å²) in [7, 11) is 0. The van der Waals surface area contributed by atoms with Gasteiger partial charge in [-0.2, -0.15) is 13.2 Å². The maximum absolute atomic E-state index is 12.5. The minimum Gasteiger partial charge on any atom is -0.481 e. The summed E-state index contributed by atoms with van der Waals surface area (Å²) in [6.07, 6.45) is -3.48. The molecule has 0 saturated heterocycles. The van der Waals surface area contributed by atoms with Gasteiger partial charge in [-0.15, -0.1) is 0 Å². The number of hydrogen-bond donors (Lipinski definition) is 2. The third-order valence-electron chi connectivity index (χ3n) is 3.65. The van der Waals surface area contributed by atoms with E-state index in [0.717, 1.165) is 12.1 Å². The molecule has 1 aromatic carbocycles. The molecule has 0 bridgehead atoms. The van der Waals surface area contributed by atoms with Crippen LogP contribution in [-0.2, 0) is 22.3 Å². The first-order valence-electron chi connectivity index (χ1n) is 6.45. The van der Waals surface area contributed by atoms with Gasteiger partial charge in [0.25, 0.3) is 0 Å². The number of carbonyl (C=O) groups excluding carboxylic acids is 1. The van der Waals surface area contributed by atoms with Crippen molar-refractivity contribution in [1.82, 2.24) is 5.32 Å². The quantitative estimate of drug-likeness (QED) is 0.897. The molecule has 0 aromatic heterocycles. The van der Waals surface area contributed by atoms with Crippen LogP contribution in [0.2, 0.25) is 0 Å². The molecule has 0 heterocycles. The van der Waals surface area contributed by atoms with Crippen molar-refractivity contribution in [1.29, 1.82) is 0 Å². The average molecular weight is 301 g/mol. The molecule has 0 radical (unpaired) electrons. The SMILES string of the molecule is O=C(O)C1CCC1C(=O)NCc1cccc(C(F)(F)F)c1. The molecule has 2 rings (SSSR count). The van der Waals surface area contributed by atoms with Gasteiger partial charge in [0.15, 0.2) is 0 Å². The molecule has 4 nitrogen and oxygen atoms in total. The van der Waals surface area contributed by atoms with Gasteiger partial charge in [-0.05, 0) is 30.5 Å². The highest BCUT2D eigenvalue weighted by atomic mass is 19.4. The fourth-order valence-electron chi connectivity index (χ4n) is 2.29. The third kappa shape index (κ3) is 3.53. The first-order valence-corrected chi connectivity index (χ1v) is 6.45. The molecule has 1 aliphatic rings. The topological polar surface area (TPSA) is 66.4 Å². The number of hydrogen-bond acceptors (Lipinski definition) is 2. The largest absolute Gasteiger partial charge is 0.481 e. The molecule has 1 saturated carbocycles. The standard InChI is InChI=1S/C14H14F3NO3/c15-14(16,17)9-3-1-2-8(6-9)7-18-12(19)10-4-5-11(10)13(20)21/h1-3,6,10-11H,4-5,7H2,(H,18,19)(H,20,21). The summed E-state index contributed by atoms with van der Waals surface area (Å²) in [6.45, 7) is -0.0500. The number of nitrogens with one attached hydrogen (secondary N) is 1. The summed E-state index contributed by atoms with van der Waals surface area (Å²) in [5.74, 6) is -2.72. The van der Waals surface area contributed by atoms with Gasteiger partial charge >= 0.3 is 12.1 Å². The molecule has 114 valence electrons. The molecule has 21 heavy (non-hydrogen) atoms. The first-order chi connectivity index (χ1) is 9.79. The number of aliphatic carboxylic acids is 1. The minimum atomic E-state index is -4.43. The Balaban J connectivity index is 1.94. The summed E-state index contributed by atoms with van der Waals surface area (Å²) in [6, 6.07) is 4.67. The van der Waals surface area contributed by atoms with Gasteiger partial charge in [0, 0.05) is 6.54 Å². The van der Waals surface area contributed by atoms with Gasteiger partial charge in [-0.25, -0.2) is 0 Å². The second-order valence-electron chi connectivity index (χ2n) is 5.04. The summed E-state index contributed by atoms with van der Waals surface area (Å²) >= 11 is 0. The maximum atomic E-state index is 12.5. The Morgan fingerprint density at radius 3 is 2.43 bits per heavy atom. The fraction of sp³-hybridized carbons (Fsp3) is 0.429. The van der Waals surface area contributed by atoms with Crippen molar-refractivity contribution in [2.24, 2.45) is 11.8 Å². The predicted octanol–water partition coefficient (Wildman–Crippen LogP) is 2.43. The molecule has 0 aliphatic heterocycles. The van der Waals surface area contributed by atoms with E-state index in [0.29, 0.717) is 18.4 Å². The number of carbonyl (C=O) groups is 2. The van der Waals surface area contributed by atoms with Crippen molar-refractivity contribution < 1.29 is 27.9 Å². The third-order valence-corrected chi connectivity index (χ3v) is 3.65. The van der Waals surface area contributed by atoms with Crippen LogP contribution in [0.5, 0.6) is 0 Å². The predicted molar refractivity (Wildman–Crippen MR) is 67.1 cm³/mol. The molecule has 0 spiro atoms. The summed E-state index contributed by atoms with van der Waals surface area (Å²) < 4.78 is 37.6. The smallest absolute Gasteiger partial charge is 0.416 e. The molecule has 1 amide bonds. The van der Waals surface area contributed by atoms with Crippen LogP contribution in [0.4, 0.5) is 13.2 Å². The Hall–Kier alpha value is -2.05. The van der Waals surface area contributed by atoms with Crippen LogP contribution in [-0.4, -0.2) is 17.0 Å². The van der Waals surface area contributed by atoms with E-state index in [-0.39, 0.29) is 6.54 Å². The Morgan fingerprint density at radius 2 is 1.90 bits per heavy atom. The lowest BCUT2D eigenvalue weighted by Crippen LogP contribution is -2.43. The second-order valence-corrected chi connectivity index (χ2v) is 5.04. The zero-order valence-corrected chi connectivity index (χ0v) is 11.0. The van der Waals surface area contributed by atoms with E-state index in [2.05, 4.69) is 5.32 Å². The van der Waals surface area contributed by atoms with Crippen molar-refractivity contribution in [2.75, 3.05) is 0 Å². The van der Waals surface area contributed by atoms with E-state index >= 15 is 0 Å². The van der Waals surface area contributed by atoms with Gasteiger partial charge in [0.05, 0.1) is 17.4 Å². The van der Waals surface area contributed by atoms with E-state index in [4.69, 9.17) is 5.11 Å². The second kappa shape index (κ2) is 5.75. The molecule has 2 atom stereocenters. The monoisotopic (exact) mass is 301 g/mol. The molecular formula is C14H14F3NO3.